The highest BCUT2D eigenvalue weighted by atomic mass is 32.2. The van der Waals surface area contributed by atoms with Crippen LogP contribution >= 0.6 is 0 Å². The fourth-order valence-electron chi connectivity index (χ4n) is 3.84. The molecule has 14 nitrogen and oxygen atoms in total. The Hall–Kier alpha value is -5.23. The highest BCUT2D eigenvalue weighted by molar-refractivity contribution is 7.86. The van der Waals surface area contributed by atoms with Gasteiger partial charge in [0.15, 0.2) is 0 Å². The van der Waals surface area contributed by atoms with Crippen molar-refractivity contribution >= 4 is 81.3 Å². The van der Waals surface area contributed by atoms with Crippen molar-refractivity contribution in [1.82, 2.24) is 0 Å². The Morgan fingerprint density at radius 3 is 1.47 bits per heavy atom. The zero-order chi connectivity index (χ0) is 31.6. The number of nitrogens with two attached hydrogens (primary N) is 1. The van der Waals surface area contributed by atoms with Crippen LogP contribution in [-0.4, -0.2) is 38.2 Å². The maximum absolute atomic E-state index is 11.8. The fraction of sp³-hybridized carbons (Fsp3) is 0. The molecule has 0 fully saturated rings. The van der Waals surface area contributed by atoms with E-state index in [1.807, 2.05) is 60.7 Å². The minimum Gasteiger partial charge on any atom is -0.398 e. The van der Waals surface area contributed by atoms with E-state index in [1.165, 1.54) is 18.2 Å². The number of benzene rings is 5. The van der Waals surface area contributed by atoms with Crippen LogP contribution in [0.1, 0.15) is 0 Å². The van der Waals surface area contributed by atoms with Crippen molar-refractivity contribution in [2.75, 3.05) is 5.73 Å². The molecule has 0 saturated carbocycles. The molecule has 17 heteroatoms. The maximum atomic E-state index is 11.8. The minimum atomic E-state index is -4.47. The smallest absolute Gasteiger partial charge is 0.398 e. The van der Waals surface area contributed by atoms with Crippen LogP contribution in [0.25, 0.3) is 21.5 Å². The third kappa shape index (κ3) is 9.13. The molecule has 5 rings (SSSR count). The van der Waals surface area contributed by atoms with Gasteiger partial charge in [0.25, 0.3) is 10.1 Å². The summed E-state index contributed by atoms with van der Waals surface area (Å²) in [6.45, 7) is 0. The summed E-state index contributed by atoms with van der Waals surface area (Å²) in [5, 5.41) is 19.9. The summed E-state index contributed by atoms with van der Waals surface area (Å²) in [6, 6.07) is 28.4. The van der Waals surface area contributed by atoms with E-state index in [0.29, 0.717) is 22.4 Å². The van der Waals surface area contributed by atoms with Gasteiger partial charge < -0.3 is 5.73 Å². The van der Waals surface area contributed by atoms with Crippen molar-refractivity contribution in [1.29, 1.82) is 0 Å². The summed E-state index contributed by atoms with van der Waals surface area (Å²) in [5.41, 5.74) is 8.70. The van der Waals surface area contributed by atoms with Crippen LogP contribution in [0.2, 0.25) is 0 Å². The first kappa shape index (κ1) is 32.3. The van der Waals surface area contributed by atoms with Gasteiger partial charge in [0.05, 0.1) is 22.7 Å². The van der Waals surface area contributed by atoms with Crippen LogP contribution in [0.3, 0.4) is 0 Å². The molecule has 0 aliphatic rings. The lowest BCUT2D eigenvalue weighted by atomic mass is 10.1. The molecule has 0 spiro atoms. The van der Waals surface area contributed by atoms with Gasteiger partial charge in [-0.2, -0.15) is 13.5 Å². The van der Waals surface area contributed by atoms with Gasteiger partial charge >= 0.3 is 21.2 Å². The first-order valence-corrected chi connectivity index (χ1v) is 15.0. The highest BCUT2D eigenvalue weighted by Crippen LogP contribution is 2.38. The number of hydrogen-bond acceptors (Lipinski definition) is 13. The van der Waals surface area contributed by atoms with Gasteiger partial charge in [-0.25, -0.2) is 0 Å². The molecule has 0 bridgehead atoms. The third-order valence-corrected chi connectivity index (χ3v) is 6.36. The van der Waals surface area contributed by atoms with E-state index in [-0.39, 0.29) is 16.0 Å². The minimum absolute atomic E-state index is 0.202. The van der Waals surface area contributed by atoms with Gasteiger partial charge in [-0.15, -0.1) is 40.6 Å². The van der Waals surface area contributed by atoms with Crippen LogP contribution in [0.5, 0.6) is 0 Å². The summed E-state index contributed by atoms with van der Waals surface area (Å²) in [6.07, 6.45) is 0. The zero-order valence-electron chi connectivity index (χ0n) is 21.5. The Kier molecular flexibility index (Phi) is 11.0. The van der Waals surface area contributed by atoms with Gasteiger partial charge in [-0.3, -0.25) is 4.55 Å². The zero-order valence-corrected chi connectivity index (χ0v) is 24.0. The van der Waals surface area contributed by atoms with Gasteiger partial charge in [-0.05, 0) is 42.5 Å². The Balaban J connectivity index is 0.000000566. The molecular formula is C26H19N5O9S3. The van der Waals surface area contributed by atoms with Gasteiger partial charge in [-0.1, -0.05) is 54.6 Å². The molecule has 3 N–H and O–H groups in total. The number of anilines is 1. The molecule has 0 saturated heterocycles. The molecule has 0 radical (unpaired) electrons. The first-order chi connectivity index (χ1) is 20.4. The van der Waals surface area contributed by atoms with Crippen molar-refractivity contribution in [3.05, 3.63) is 97.1 Å². The molecule has 0 atom stereocenters. The van der Waals surface area contributed by atoms with Crippen molar-refractivity contribution in [2.45, 2.75) is 4.90 Å². The second kappa shape index (κ2) is 14.6. The summed E-state index contributed by atoms with van der Waals surface area (Å²) in [5.74, 6) is 0. The molecule has 0 aromatic heterocycles. The number of rotatable bonds is 5. The first-order valence-electron chi connectivity index (χ1n) is 11.6. The van der Waals surface area contributed by atoms with Gasteiger partial charge in [0.2, 0.25) is 0 Å². The van der Waals surface area contributed by atoms with E-state index in [4.69, 9.17) is 31.0 Å². The summed E-state index contributed by atoms with van der Waals surface area (Å²) >= 11 is 0. The largest absolute Gasteiger partial charge is 0.425 e. The predicted octanol–water partition coefficient (Wildman–Crippen LogP) is 5.64. The van der Waals surface area contributed by atoms with E-state index < -0.39 is 31.3 Å². The molecule has 0 unspecified atom stereocenters. The van der Waals surface area contributed by atoms with Crippen molar-refractivity contribution in [3.8, 4) is 0 Å². The number of nitrogen functional groups attached to an aromatic ring is 1. The molecule has 43 heavy (non-hydrogen) atoms. The second-order valence-corrected chi connectivity index (χ2v) is 10.3. The normalized spacial score (nSPS) is 11.1. The molecule has 0 amide bonds. The standard InChI is InChI=1S/C26H19N5O3S.2O3S/c27-21-13-14-24(20-11-6-12-25(26(20)21)35(32,33)34)31-30-23-16-15-22(18-9-4-5-10-19(18)23)29-28-17-7-2-1-3-8-17;2*1-4(2)3/h1-16H,27H2,(H,32,33,34);;. The van der Waals surface area contributed by atoms with E-state index in [2.05, 4.69) is 20.5 Å². The van der Waals surface area contributed by atoms with Crippen LogP contribution in [0.15, 0.2) is 122 Å². The number of azo groups is 2. The quantitative estimate of drug-likeness (QED) is 0.136. The molecular weight excluding hydrogens is 623 g/mol. The predicted molar refractivity (Wildman–Crippen MR) is 156 cm³/mol. The van der Waals surface area contributed by atoms with Gasteiger partial charge in [0, 0.05) is 27.2 Å². The molecule has 220 valence electrons. The Bertz CT molecular complexity index is 2150. The Morgan fingerprint density at radius 1 is 0.535 bits per heavy atom. The lowest BCUT2D eigenvalue weighted by Crippen LogP contribution is -2.01. The van der Waals surface area contributed by atoms with E-state index in [1.54, 1.807) is 18.2 Å². The maximum Gasteiger partial charge on any atom is 0.425 e. The van der Waals surface area contributed by atoms with Crippen molar-refractivity contribution in [3.63, 3.8) is 0 Å². The number of nitrogens with zero attached hydrogens (tertiary/aromatic N) is 4. The van der Waals surface area contributed by atoms with Crippen molar-refractivity contribution in [2.24, 2.45) is 20.5 Å². The SMILES string of the molecule is Nc1ccc(N=Nc2ccc(N=Nc3ccccc3)c3ccccc23)c2cccc(S(=O)(=O)O)c12.O=S(=O)=O.O=S(=O)=O. The second-order valence-electron chi connectivity index (χ2n) is 8.12. The van der Waals surface area contributed by atoms with Crippen LogP contribution in [0.4, 0.5) is 28.4 Å². The average Bonchev–Trinajstić information content (AvgIpc) is 2.95. The molecule has 5 aromatic carbocycles. The summed E-state index contributed by atoms with van der Waals surface area (Å²) < 4.78 is 84.0. The molecule has 0 aliphatic heterocycles. The highest BCUT2D eigenvalue weighted by Gasteiger charge is 2.17. The summed E-state index contributed by atoms with van der Waals surface area (Å²) in [7, 11) is -10.7. The third-order valence-electron chi connectivity index (χ3n) is 5.46. The topological polar surface area (TPSA) is 232 Å². The Morgan fingerprint density at radius 2 is 0.953 bits per heavy atom. The van der Waals surface area contributed by atoms with Crippen LogP contribution in [-0.2, 0) is 31.3 Å². The van der Waals surface area contributed by atoms with Crippen LogP contribution < -0.4 is 5.73 Å². The Labute approximate surface area is 247 Å². The number of fused-ring (bicyclic) bond motifs is 2. The fourth-order valence-corrected chi connectivity index (χ4v) is 4.58. The van der Waals surface area contributed by atoms with E-state index in [9.17, 15) is 13.0 Å². The lowest BCUT2D eigenvalue weighted by Gasteiger charge is -2.09. The lowest BCUT2D eigenvalue weighted by molar-refractivity contribution is 0.484. The molecule has 5 aromatic rings. The number of hydrogen-bond donors (Lipinski definition) is 2. The van der Waals surface area contributed by atoms with Crippen molar-refractivity contribution < 1.29 is 38.2 Å². The van der Waals surface area contributed by atoms with E-state index >= 15 is 0 Å². The summed E-state index contributed by atoms with van der Waals surface area (Å²) in [4.78, 5) is -0.275. The monoisotopic (exact) mass is 641 g/mol. The molecule has 0 heterocycles. The van der Waals surface area contributed by atoms with Crippen LogP contribution in [0, 0.1) is 0 Å². The molecule has 0 aliphatic carbocycles. The van der Waals surface area contributed by atoms with E-state index in [0.717, 1.165) is 16.5 Å². The average molecular weight is 642 g/mol. The van der Waals surface area contributed by atoms with Gasteiger partial charge in [0.1, 0.15) is 4.90 Å².